The minimum Gasteiger partial charge on any atom is -0.287 e. The van der Waals surface area contributed by atoms with Crippen molar-refractivity contribution in [2.24, 2.45) is 0 Å². The van der Waals surface area contributed by atoms with Crippen LogP contribution in [0.2, 0.25) is 0 Å². The summed E-state index contributed by atoms with van der Waals surface area (Å²) in [5.41, 5.74) is 2.62. The molecule has 1 heterocycles. The molecule has 3 rings (SSSR count). The van der Waals surface area contributed by atoms with Crippen molar-refractivity contribution in [2.45, 2.75) is 57.8 Å². The van der Waals surface area contributed by atoms with E-state index in [9.17, 15) is 18.0 Å². The molecule has 1 aliphatic heterocycles. The third kappa shape index (κ3) is 3.30. The predicted octanol–water partition coefficient (Wildman–Crippen LogP) is 5.08. The van der Waals surface area contributed by atoms with Gasteiger partial charge in [-0.3, -0.25) is 10.2 Å². The first-order valence-corrected chi connectivity index (χ1v) is 8.69. The number of nitrogens with zero attached hydrogens (tertiary/aromatic N) is 1. The second-order valence-electron chi connectivity index (χ2n) is 7.82. The molecule has 0 aromatic heterocycles. The molecule has 0 saturated carbocycles. The number of nitrogens with one attached hydrogen (secondary N) is 1. The summed E-state index contributed by atoms with van der Waals surface area (Å²) in [4.78, 5) is 11.8. The molecule has 6 heteroatoms. The highest BCUT2D eigenvalue weighted by Crippen LogP contribution is 2.43. The molecule has 2 aromatic rings. The molecule has 1 atom stereocenters. The van der Waals surface area contributed by atoms with Crippen LogP contribution >= 0.6 is 0 Å². The predicted molar refractivity (Wildman–Crippen MR) is 95.5 cm³/mol. The SMILES string of the molecule is CC(C)c1cccc2ccc(C(N3NC(=O)CC3(C)C)C(F)(F)F)cc12. The van der Waals surface area contributed by atoms with Crippen LogP contribution in [-0.4, -0.2) is 22.6 Å². The van der Waals surface area contributed by atoms with E-state index in [-0.39, 0.29) is 17.9 Å². The quantitative estimate of drug-likeness (QED) is 0.823. The number of fused-ring (bicyclic) bond motifs is 1. The highest BCUT2D eigenvalue weighted by atomic mass is 19.4. The number of benzene rings is 2. The van der Waals surface area contributed by atoms with Crippen LogP contribution in [0, 0.1) is 0 Å². The van der Waals surface area contributed by atoms with Gasteiger partial charge in [-0.25, -0.2) is 0 Å². The van der Waals surface area contributed by atoms with Gasteiger partial charge in [-0.1, -0.05) is 44.2 Å². The first-order valence-electron chi connectivity index (χ1n) is 8.69. The lowest BCUT2D eigenvalue weighted by atomic mass is 9.92. The molecule has 140 valence electrons. The third-order valence-corrected chi connectivity index (χ3v) is 4.94. The van der Waals surface area contributed by atoms with Gasteiger partial charge in [-0.15, -0.1) is 0 Å². The number of carbonyl (C=O) groups is 1. The van der Waals surface area contributed by atoms with Gasteiger partial charge in [0.15, 0.2) is 6.04 Å². The zero-order valence-corrected chi connectivity index (χ0v) is 15.3. The summed E-state index contributed by atoms with van der Waals surface area (Å²) in [7, 11) is 0. The van der Waals surface area contributed by atoms with Gasteiger partial charge in [-0.05, 0) is 47.7 Å². The van der Waals surface area contributed by atoms with Gasteiger partial charge >= 0.3 is 6.18 Å². The topological polar surface area (TPSA) is 32.3 Å². The van der Waals surface area contributed by atoms with Gasteiger partial charge in [0.1, 0.15) is 0 Å². The third-order valence-electron chi connectivity index (χ3n) is 4.94. The van der Waals surface area contributed by atoms with Crippen LogP contribution in [0.15, 0.2) is 36.4 Å². The number of alkyl halides is 3. The minimum absolute atomic E-state index is 0.0321. The maximum atomic E-state index is 14.0. The van der Waals surface area contributed by atoms with E-state index in [1.807, 2.05) is 32.0 Å². The lowest BCUT2D eigenvalue weighted by Crippen LogP contribution is -2.51. The Labute approximate surface area is 151 Å². The largest absolute Gasteiger partial charge is 0.409 e. The number of halogens is 3. The monoisotopic (exact) mass is 364 g/mol. The zero-order valence-electron chi connectivity index (χ0n) is 15.3. The first-order chi connectivity index (χ1) is 12.0. The van der Waals surface area contributed by atoms with Crippen molar-refractivity contribution in [1.82, 2.24) is 10.4 Å². The van der Waals surface area contributed by atoms with Crippen LogP contribution in [0.4, 0.5) is 13.2 Å². The first kappa shape index (κ1) is 18.7. The van der Waals surface area contributed by atoms with E-state index in [1.54, 1.807) is 26.0 Å². The number of rotatable bonds is 3. The van der Waals surface area contributed by atoms with Crippen molar-refractivity contribution in [3.63, 3.8) is 0 Å². The maximum absolute atomic E-state index is 14.0. The molecule has 1 saturated heterocycles. The summed E-state index contributed by atoms with van der Waals surface area (Å²) in [6, 6.07) is 8.71. The molecule has 2 aromatic carbocycles. The Morgan fingerprint density at radius 2 is 1.85 bits per heavy atom. The smallest absolute Gasteiger partial charge is 0.287 e. The zero-order chi connectivity index (χ0) is 19.3. The summed E-state index contributed by atoms with van der Waals surface area (Å²) >= 11 is 0. The second-order valence-corrected chi connectivity index (χ2v) is 7.82. The Kier molecular flexibility index (Phi) is 4.51. The van der Waals surface area contributed by atoms with E-state index < -0.39 is 23.7 Å². The number of hydrogen-bond acceptors (Lipinski definition) is 2. The molecular formula is C20H23F3N2O. The number of amides is 1. The van der Waals surface area contributed by atoms with Crippen LogP contribution in [0.3, 0.4) is 0 Å². The Morgan fingerprint density at radius 1 is 1.15 bits per heavy atom. The van der Waals surface area contributed by atoms with E-state index in [0.717, 1.165) is 21.3 Å². The molecule has 0 aliphatic carbocycles. The minimum atomic E-state index is -4.52. The van der Waals surface area contributed by atoms with E-state index in [2.05, 4.69) is 5.43 Å². The van der Waals surface area contributed by atoms with Crippen molar-refractivity contribution in [3.8, 4) is 0 Å². The molecule has 1 N–H and O–H groups in total. The van der Waals surface area contributed by atoms with Crippen LogP contribution in [-0.2, 0) is 4.79 Å². The molecule has 0 radical (unpaired) electrons. The number of hydrazine groups is 1. The van der Waals surface area contributed by atoms with E-state index >= 15 is 0 Å². The fourth-order valence-corrected chi connectivity index (χ4v) is 3.69. The normalized spacial score (nSPS) is 19.2. The van der Waals surface area contributed by atoms with Gasteiger partial charge in [0, 0.05) is 12.0 Å². The molecule has 0 bridgehead atoms. The van der Waals surface area contributed by atoms with Gasteiger partial charge in [0.05, 0.1) is 0 Å². The van der Waals surface area contributed by atoms with Crippen LogP contribution < -0.4 is 5.43 Å². The molecule has 26 heavy (non-hydrogen) atoms. The van der Waals surface area contributed by atoms with E-state index in [1.165, 1.54) is 6.07 Å². The fraction of sp³-hybridized carbons (Fsp3) is 0.450. The Bertz CT molecular complexity index is 843. The van der Waals surface area contributed by atoms with Crippen molar-refractivity contribution in [3.05, 3.63) is 47.5 Å². The van der Waals surface area contributed by atoms with Crippen molar-refractivity contribution < 1.29 is 18.0 Å². The van der Waals surface area contributed by atoms with Crippen LogP contribution in [0.5, 0.6) is 0 Å². The highest BCUT2D eigenvalue weighted by molar-refractivity contribution is 5.87. The highest BCUT2D eigenvalue weighted by Gasteiger charge is 2.52. The van der Waals surface area contributed by atoms with E-state index in [4.69, 9.17) is 0 Å². The molecular weight excluding hydrogens is 341 g/mol. The molecule has 1 amide bonds. The van der Waals surface area contributed by atoms with Gasteiger partial charge in [0.2, 0.25) is 5.91 Å². The second kappa shape index (κ2) is 6.27. The number of carbonyl (C=O) groups excluding carboxylic acids is 1. The lowest BCUT2D eigenvalue weighted by Gasteiger charge is -2.38. The Hall–Kier alpha value is -2.08. The summed E-state index contributed by atoms with van der Waals surface area (Å²) in [5, 5.41) is 2.78. The summed E-state index contributed by atoms with van der Waals surface area (Å²) in [6.45, 7) is 7.33. The fourth-order valence-electron chi connectivity index (χ4n) is 3.69. The summed E-state index contributed by atoms with van der Waals surface area (Å²) in [5.74, 6) is -0.200. The molecule has 1 aliphatic rings. The molecule has 3 nitrogen and oxygen atoms in total. The molecule has 0 spiro atoms. The van der Waals surface area contributed by atoms with Gasteiger partial charge < -0.3 is 0 Å². The van der Waals surface area contributed by atoms with Crippen LogP contribution in [0.25, 0.3) is 10.8 Å². The average Bonchev–Trinajstić information content (AvgIpc) is 2.77. The van der Waals surface area contributed by atoms with E-state index in [0.29, 0.717) is 0 Å². The maximum Gasteiger partial charge on any atom is 0.409 e. The Morgan fingerprint density at radius 3 is 2.38 bits per heavy atom. The average molecular weight is 364 g/mol. The standard InChI is InChI=1S/C20H23F3N2O/c1-12(2)15-7-5-6-13-8-9-14(10-16(13)15)18(20(21,22)23)25-19(3,4)11-17(26)24-25/h5-10,12,18H,11H2,1-4H3,(H,24,26). The van der Waals surface area contributed by atoms with Crippen molar-refractivity contribution in [1.29, 1.82) is 0 Å². The number of hydrogen-bond donors (Lipinski definition) is 1. The summed E-state index contributed by atoms with van der Waals surface area (Å²) < 4.78 is 42.0. The lowest BCUT2D eigenvalue weighted by molar-refractivity contribution is -0.203. The van der Waals surface area contributed by atoms with Gasteiger partial charge in [-0.2, -0.15) is 18.2 Å². The van der Waals surface area contributed by atoms with Crippen molar-refractivity contribution in [2.75, 3.05) is 0 Å². The van der Waals surface area contributed by atoms with Gasteiger partial charge in [0.25, 0.3) is 0 Å². The van der Waals surface area contributed by atoms with Crippen LogP contribution in [0.1, 0.15) is 57.2 Å². The van der Waals surface area contributed by atoms with Crippen molar-refractivity contribution >= 4 is 16.7 Å². The molecule has 1 unspecified atom stereocenters. The molecule has 1 fully saturated rings. The summed E-state index contributed by atoms with van der Waals surface area (Å²) in [6.07, 6.45) is -4.49. The Balaban J connectivity index is 2.16.